The number of ether oxygens (including phenoxy) is 2. The van der Waals surface area contributed by atoms with E-state index in [4.69, 9.17) is 32.7 Å². The molecule has 1 heterocycles. The molecule has 3 aromatic carbocycles. The van der Waals surface area contributed by atoms with Gasteiger partial charge in [-0.05, 0) is 81.8 Å². The van der Waals surface area contributed by atoms with Gasteiger partial charge in [0.2, 0.25) is 5.91 Å². The lowest BCUT2D eigenvalue weighted by atomic mass is 10.1. The molecule has 0 radical (unpaired) electrons. The maximum absolute atomic E-state index is 13.4. The Hall–Kier alpha value is -3.05. The van der Waals surface area contributed by atoms with Gasteiger partial charge in [-0.2, -0.15) is 0 Å². The smallest absolute Gasteiger partial charge is 0.294 e. The number of hydrogen-bond donors (Lipinski definition) is 1. The average molecular weight is 640 g/mol. The van der Waals surface area contributed by atoms with Crippen molar-refractivity contribution in [1.82, 2.24) is 4.90 Å². The van der Waals surface area contributed by atoms with E-state index < -0.39 is 29.4 Å². The molecule has 0 bridgehead atoms. The average Bonchev–Trinajstić information content (AvgIpc) is 3.11. The fraction of sp³-hybridized carbons (Fsp3) is 0.115. The maximum atomic E-state index is 13.4. The largest absolute Gasteiger partial charge is 0.493 e. The van der Waals surface area contributed by atoms with Crippen LogP contribution in [0.3, 0.4) is 0 Å². The van der Waals surface area contributed by atoms with E-state index in [2.05, 4.69) is 21.2 Å². The first-order valence-corrected chi connectivity index (χ1v) is 13.3. The van der Waals surface area contributed by atoms with Crippen LogP contribution in [-0.2, 0) is 16.2 Å². The van der Waals surface area contributed by atoms with Crippen LogP contribution in [-0.4, -0.2) is 35.6 Å². The number of halogens is 4. The summed E-state index contributed by atoms with van der Waals surface area (Å²) >= 11 is 16.3. The molecule has 4 rings (SSSR count). The zero-order valence-electron chi connectivity index (χ0n) is 19.6. The van der Waals surface area contributed by atoms with Crippen molar-refractivity contribution in [2.75, 3.05) is 19.0 Å². The van der Waals surface area contributed by atoms with Gasteiger partial charge < -0.3 is 14.8 Å². The molecule has 0 unspecified atom stereocenters. The molecule has 7 nitrogen and oxygen atoms in total. The van der Waals surface area contributed by atoms with Crippen molar-refractivity contribution in [3.63, 3.8) is 0 Å². The molecule has 1 aliphatic rings. The summed E-state index contributed by atoms with van der Waals surface area (Å²) in [6.45, 7) is -0.355. The number of hydrogen-bond acceptors (Lipinski definition) is 6. The predicted octanol–water partition coefficient (Wildman–Crippen LogP) is 7.16. The Kier molecular flexibility index (Phi) is 8.99. The second kappa shape index (κ2) is 12.2. The molecular weight excluding hydrogens is 622 g/mol. The molecule has 0 atom stereocenters. The third-order valence-corrected chi connectivity index (χ3v) is 7.30. The van der Waals surface area contributed by atoms with Gasteiger partial charge in [0.1, 0.15) is 19.0 Å². The molecule has 1 fully saturated rings. The number of nitrogens with zero attached hydrogens (tertiary/aromatic N) is 1. The summed E-state index contributed by atoms with van der Waals surface area (Å²) in [7, 11) is 1.47. The quantitative estimate of drug-likeness (QED) is 0.263. The zero-order valence-corrected chi connectivity index (χ0v) is 23.5. The number of nitrogens with one attached hydrogen (secondary N) is 1. The Morgan fingerprint density at radius 1 is 1.16 bits per heavy atom. The number of amides is 3. The SMILES string of the molecule is COc1cc(/C=C2/SC(=O)N(CC(=O)Nc3cccc(F)c3)C2=O)cc(Br)c1OCc1ccc(Cl)cc1Cl. The second-order valence-electron chi connectivity index (χ2n) is 7.88. The number of rotatable bonds is 8. The van der Waals surface area contributed by atoms with Crippen molar-refractivity contribution in [3.8, 4) is 11.5 Å². The molecule has 3 amide bonds. The number of carbonyl (C=O) groups excluding carboxylic acids is 3. The van der Waals surface area contributed by atoms with Crippen LogP contribution in [0.25, 0.3) is 6.08 Å². The number of methoxy groups -OCH3 is 1. The highest BCUT2D eigenvalue weighted by Gasteiger charge is 2.36. The van der Waals surface area contributed by atoms with E-state index in [9.17, 15) is 18.8 Å². The zero-order chi connectivity index (χ0) is 27.4. The monoisotopic (exact) mass is 638 g/mol. The lowest BCUT2D eigenvalue weighted by Crippen LogP contribution is -2.36. The van der Waals surface area contributed by atoms with E-state index in [1.54, 1.807) is 30.3 Å². The summed E-state index contributed by atoms with van der Waals surface area (Å²) < 4.78 is 25.3. The van der Waals surface area contributed by atoms with Crippen molar-refractivity contribution in [1.29, 1.82) is 0 Å². The van der Waals surface area contributed by atoms with Gasteiger partial charge in [-0.3, -0.25) is 19.3 Å². The minimum Gasteiger partial charge on any atom is -0.493 e. The molecule has 0 aromatic heterocycles. The predicted molar refractivity (Wildman–Crippen MR) is 149 cm³/mol. The van der Waals surface area contributed by atoms with Gasteiger partial charge in [0, 0.05) is 21.3 Å². The first-order valence-electron chi connectivity index (χ1n) is 10.9. The lowest BCUT2D eigenvalue weighted by Gasteiger charge is -2.14. The van der Waals surface area contributed by atoms with Gasteiger partial charge in [0.15, 0.2) is 11.5 Å². The molecule has 1 N–H and O–H groups in total. The first kappa shape index (κ1) is 28.0. The Morgan fingerprint density at radius 3 is 2.66 bits per heavy atom. The molecular formula is C26H18BrCl2FN2O5S. The maximum Gasteiger partial charge on any atom is 0.294 e. The summed E-state index contributed by atoms with van der Waals surface area (Å²) in [4.78, 5) is 38.6. The van der Waals surface area contributed by atoms with Gasteiger partial charge in [-0.25, -0.2) is 4.39 Å². The number of carbonyl (C=O) groups is 3. The van der Waals surface area contributed by atoms with Crippen LogP contribution < -0.4 is 14.8 Å². The molecule has 0 saturated carbocycles. The molecule has 38 heavy (non-hydrogen) atoms. The van der Waals surface area contributed by atoms with Crippen LogP contribution in [0.5, 0.6) is 11.5 Å². The highest BCUT2D eigenvalue weighted by molar-refractivity contribution is 9.10. The lowest BCUT2D eigenvalue weighted by molar-refractivity contribution is -0.127. The summed E-state index contributed by atoms with van der Waals surface area (Å²) in [5.74, 6) is -0.987. The van der Waals surface area contributed by atoms with E-state index in [0.29, 0.717) is 43.3 Å². The Balaban J connectivity index is 1.47. The van der Waals surface area contributed by atoms with E-state index in [1.165, 1.54) is 31.4 Å². The molecule has 1 saturated heterocycles. The van der Waals surface area contributed by atoms with Gasteiger partial charge in [0.25, 0.3) is 11.1 Å². The molecule has 0 aliphatic carbocycles. The van der Waals surface area contributed by atoms with Gasteiger partial charge in [-0.1, -0.05) is 35.3 Å². The number of benzene rings is 3. The van der Waals surface area contributed by atoms with E-state index >= 15 is 0 Å². The van der Waals surface area contributed by atoms with Gasteiger partial charge >= 0.3 is 0 Å². The fourth-order valence-electron chi connectivity index (χ4n) is 3.45. The number of thioether (sulfide) groups is 1. The summed E-state index contributed by atoms with van der Waals surface area (Å²) in [5.41, 5.74) is 1.50. The molecule has 0 spiro atoms. The minimum atomic E-state index is -0.633. The standard InChI is InChI=1S/C26H18BrCl2FN2O5S/c1-36-21-8-14(7-19(27)24(21)37-13-15-5-6-16(28)10-20(15)29)9-22-25(34)32(26(35)38-22)12-23(33)31-18-4-2-3-17(30)11-18/h2-11H,12-13H2,1H3,(H,31,33)/b22-9+. The second-order valence-corrected chi connectivity index (χ2v) is 10.6. The minimum absolute atomic E-state index is 0.129. The summed E-state index contributed by atoms with van der Waals surface area (Å²) in [6.07, 6.45) is 1.52. The summed E-state index contributed by atoms with van der Waals surface area (Å²) in [6, 6.07) is 13.7. The van der Waals surface area contributed by atoms with Crippen LogP contribution in [0.1, 0.15) is 11.1 Å². The van der Waals surface area contributed by atoms with E-state index in [1.807, 2.05) is 0 Å². The molecule has 196 valence electrons. The van der Waals surface area contributed by atoms with Crippen molar-refractivity contribution in [3.05, 3.63) is 91.0 Å². The van der Waals surface area contributed by atoms with Gasteiger partial charge in [-0.15, -0.1) is 0 Å². The van der Waals surface area contributed by atoms with E-state index in [-0.39, 0.29) is 17.2 Å². The van der Waals surface area contributed by atoms with Crippen LogP contribution in [0, 0.1) is 5.82 Å². The normalized spacial score (nSPS) is 14.2. The Morgan fingerprint density at radius 2 is 1.95 bits per heavy atom. The Bertz CT molecular complexity index is 1470. The molecule has 3 aromatic rings. The van der Waals surface area contributed by atoms with E-state index in [0.717, 1.165) is 16.5 Å². The van der Waals surface area contributed by atoms with Crippen LogP contribution in [0.4, 0.5) is 14.9 Å². The molecule has 1 aliphatic heterocycles. The highest BCUT2D eigenvalue weighted by Crippen LogP contribution is 2.40. The highest BCUT2D eigenvalue weighted by atomic mass is 79.9. The van der Waals surface area contributed by atoms with Crippen LogP contribution in [0.2, 0.25) is 10.0 Å². The fourth-order valence-corrected chi connectivity index (χ4v) is 5.33. The topological polar surface area (TPSA) is 84.9 Å². The first-order chi connectivity index (χ1) is 18.1. The number of anilines is 1. The third-order valence-electron chi connectivity index (χ3n) is 5.22. The third kappa shape index (κ3) is 6.68. The Labute approximate surface area is 240 Å². The van der Waals surface area contributed by atoms with Crippen molar-refractivity contribution < 1.29 is 28.2 Å². The van der Waals surface area contributed by atoms with Crippen molar-refractivity contribution in [2.45, 2.75) is 6.61 Å². The van der Waals surface area contributed by atoms with Crippen molar-refractivity contribution >= 4 is 79.7 Å². The van der Waals surface area contributed by atoms with Crippen LogP contribution >= 0.6 is 50.9 Å². The molecule has 12 heteroatoms. The van der Waals surface area contributed by atoms with Crippen molar-refractivity contribution in [2.24, 2.45) is 0 Å². The van der Waals surface area contributed by atoms with Crippen LogP contribution in [0.15, 0.2) is 64.0 Å². The number of imide groups is 1. The summed E-state index contributed by atoms with van der Waals surface area (Å²) in [5, 5.41) is 2.85. The van der Waals surface area contributed by atoms with Gasteiger partial charge in [0.05, 0.1) is 16.5 Å².